The van der Waals surface area contributed by atoms with Crippen LogP contribution in [-0.4, -0.2) is 29.5 Å². The highest BCUT2D eigenvalue weighted by atomic mass is 19.1. The summed E-state index contributed by atoms with van der Waals surface area (Å²) in [6.07, 6.45) is 2.13. The third-order valence-electron chi connectivity index (χ3n) is 3.05. The van der Waals surface area contributed by atoms with E-state index in [0.717, 1.165) is 0 Å². The van der Waals surface area contributed by atoms with E-state index in [2.05, 4.69) is 10.3 Å². The van der Waals surface area contributed by atoms with Gasteiger partial charge in [-0.1, -0.05) is 13.0 Å². The van der Waals surface area contributed by atoms with Crippen molar-refractivity contribution in [3.8, 4) is 0 Å². The van der Waals surface area contributed by atoms with Crippen LogP contribution in [-0.2, 0) is 9.53 Å². The summed E-state index contributed by atoms with van der Waals surface area (Å²) in [5.41, 5.74) is 0.694. The predicted molar refractivity (Wildman–Crippen MR) is 76.4 cm³/mol. The van der Waals surface area contributed by atoms with Gasteiger partial charge in [-0.25, -0.2) is 9.18 Å². The number of benzene rings is 1. The Hall–Kier alpha value is -2.37. The van der Waals surface area contributed by atoms with Gasteiger partial charge >= 0.3 is 5.97 Å². The van der Waals surface area contributed by atoms with Crippen molar-refractivity contribution >= 4 is 22.8 Å². The van der Waals surface area contributed by atoms with E-state index in [1.807, 2.05) is 6.92 Å². The number of carbonyl (C=O) groups is 2. The first-order chi connectivity index (χ1) is 10.0. The normalized spacial score (nSPS) is 12.1. The van der Waals surface area contributed by atoms with Crippen LogP contribution in [0.25, 0.3) is 10.9 Å². The van der Waals surface area contributed by atoms with Gasteiger partial charge in [-0.15, -0.1) is 0 Å². The molecule has 5 nitrogen and oxygen atoms in total. The molecule has 2 N–H and O–H groups in total. The Morgan fingerprint density at radius 1 is 1.43 bits per heavy atom. The van der Waals surface area contributed by atoms with Crippen LogP contribution >= 0.6 is 0 Å². The molecule has 0 aliphatic rings. The Morgan fingerprint density at radius 3 is 2.90 bits per heavy atom. The second-order valence-electron chi connectivity index (χ2n) is 4.73. The number of esters is 1. The first kappa shape index (κ1) is 15.0. The predicted octanol–water partition coefficient (Wildman–Crippen LogP) is 2.38. The Balaban J connectivity index is 2.14. The van der Waals surface area contributed by atoms with E-state index in [9.17, 15) is 14.0 Å². The molecule has 0 aliphatic heterocycles. The molecular formula is C15H17FN2O3. The molecule has 112 valence electrons. The standard InChI is InChI=1S/C15H17FN2O3/c1-3-7-21-15(20)9(2)18-14(19)10-8-17-12-6-4-5-11(16)13(10)12/h4-6,8-9,17H,3,7H2,1-2H3,(H,18,19)/t9-/m0/s1. The minimum absolute atomic E-state index is 0.165. The first-order valence-corrected chi connectivity index (χ1v) is 6.77. The van der Waals surface area contributed by atoms with Crippen LogP contribution < -0.4 is 5.32 Å². The summed E-state index contributed by atoms with van der Waals surface area (Å²) in [5.74, 6) is -1.52. The monoisotopic (exact) mass is 292 g/mol. The second-order valence-corrected chi connectivity index (χ2v) is 4.73. The zero-order chi connectivity index (χ0) is 15.4. The first-order valence-electron chi connectivity index (χ1n) is 6.77. The number of H-pyrrole nitrogens is 1. The highest BCUT2D eigenvalue weighted by molar-refractivity contribution is 6.07. The van der Waals surface area contributed by atoms with Crippen molar-refractivity contribution in [2.45, 2.75) is 26.3 Å². The lowest BCUT2D eigenvalue weighted by Gasteiger charge is -2.12. The van der Waals surface area contributed by atoms with E-state index >= 15 is 0 Å². The fourth-order valence-electron chi connectivity index (χ4n) is 1.98. The van der Waals surface area contributed by atoms with Crippen molar-refractivity contribution in [3.05, 3.63) is 35.8 Å². The highest BCUT2D eigenvalue weighted by Crippen LogP contribution is 2.21. The van der Waals surface area contributed by atoms with Crippen LogP contribution in [0.1, 0.15) is 30.6 Å². The van der Waals surface area contributed by atoms with Gasteiger partial charge < -0.3 is 15.0 Å². The number of carbonyl (C=O) groups excluding carboxylic acids is 2. The molecule has 2 aromatic rings. The number of ether oxygens (including phenoxy) is 1. The van der Waals surface area contributed by atoms with Gasteiger partial charge in [-0.3, -0.25) is 4.79 Å². The number of hydrogen-bond acceptors (Lipinski definition) is 3. The summed E-state index contributed by atoms with van der Waals surface area (Å²) in [5, 5.41) is 2.72. The molecule has 0 saturated carbocycles. The average Bonchev–Trinajstić information content (AvgIpc) is 2.90. The second kappa shape index (κ2) is 6.39. The molecule has 0 unspecified atom stereocenters. The lowest BCUT2D eigenvalue weighted by molar-refractivity contribution is -0.145. The number of amides is 1. The number of aromatic amines is 1. The van der Waals surface area contributed by atoms with E-state index in [1.54, 1.807) is 12.1 Å². The van der Waals surface area contributed by atoms with Crippen LogP contribution in [0.2, 0.25) is 0 Å². The van der Waals surface area contributed by atoms with Crippen molar-refractivity contribution < 1.29 is 18.7 Å². The summed E-state index contributed by atoms with van der Waals surface area (Å²) >= 11 is 0. The Bertz CT molecular complexity index is 666. The number of fused-ring (bicyclic) bond motifs is 1. The Morgan fingerprint density at radius 2 is 2.19 bits per heavy atom. The smallest absolute Gasteiger partial charge is 0.328 e. The zero-order valence-corrected chi connectivity index (χ0v) is 11.9. The average molecular weight is 292 g/mol. The van der Waals surface area contributed by atoms with Crippen LogP contribution in [0.5, 0.6) is 0 Å². The topological polar surface area (TPSA) is 71.2 Å². The van der Waals surface area contributed by atoms with E-state index in [0.29, 0.717) is 18.5 Å². The van der Waals surface area contributed by atoms with E-state index < -0.39 is 23.7 Å². The summed E-state index contributed by atoms with van der Waals surface area (Å²) in [6.45, 7) is 3.72. The zero-order valence-electron chi connectivity index (χ0n) is 11.9. The highest BCUT2D eigenvalue weighted by Gasteiger charge is 2.21. The van der Waals surface area contributed by atoms with Gasteiger partial charge in [0.2, 0.25) is 0 Å². The Kier molecular flexibility index (Phi) is 4.57. The minimum atomic E-state index is -0.791. The van der Waals surface area contributed by atoms with E-state index in [1.165, 1.54) is 19.2 Å². The number of halogens is 1. The van der Waals surface area contributed by atoms with Gasteiger partial charge in [0.1, 0.15) is 11.9 Å². The molecule has 1 aromatic heterocycles. The lowest BCUT2D eigenvalue weighted by Crippen LogP contribution is -2.39. The van der Waals surface area contributed by atoms with Gasteiger partial charge in [0.15, 0.2) is 0 Å². The molecule has 1 amide bonds. The maximum atomic E-state index is 13.8. The molecule has 0 saturated heterocycles. The summed E-state index contributed by atoms with van der Waals surface area (Å²) in [7, 11) is 0. The van der Waals surface area contributed by atoms with Gasteiger partial charge in [-0.2, -0.15) is 0 Å². The van der Waals surface area contributed by atoms with E-state index in [-0.39, 0.29) is 10.9 Å². The van der Waals surface area contributed by atoms with Gasteiger partial charge in [0, 0.05) is 17.1 Å². The number of hydrogen-bond donors (Lipinski definition) is 2. The largest absolute Gasteiger partial charge is 0.464 e. The van der Waals surface area contributed by atoms with Gasteiger partial charge in [-0.05, 0) is 25.5 Å². The number of rotatable bonds is 5. The fraction of sp³-hybridized carbons (Fsp3) is 0.333. The van der Waals surface area contributed by atoms with Crippen molar-refractivity contribution in [1.29, 1.82) is 0 Å². The molecule has 1 heterocycles. The molecule has 2 rings (SSSR count). The van der Waals surface area contributed by atoms with Crippen LogP contribution in [0.4, 0.5) is 4.39 Å². The van der Waals surface area contributed by atoms with E-state index in [4.69, 9.17) is 4.74 Å². The van der Waals surface area contributed by atoms with Crippen molar-refractivity contribution in [1.82, 2.24) is 10.3 Å². The van der Waals surface area contributed by atoms with Gasteiger partial charge in [0.25, 0.3) is 5.91 Å². The minimum Gasteiger partial charge on any atom is -0.464 e. The molecule has 0 spiro atoms. The number of nitrogens with one attached hydrogen (secondary N) is 2. The van der Waals surface area contributed by atoms with Gasteiger partial charge in [0.05, 0.1) is 12.2 Å². The molecule has 21 heavy (non-hydrogen) atoms. The summed E-state index contributed by atoms with van der Waals surface area (Å²) < 4.78 is 18.8. The molecule has 0 bridgehead atoms. The summed E-state index contributed by atoms with van der Waals surface area (Å²) in [6, 6.07) is 3.72. The van der Waals surface area contributed by atoms with Crippen LogP contribution in [0.3, 0.4) is 0 Å². The molecule has 1 atom stereocenters. The molecular weight excluding hydrogens is 275 g/mol. The van der Waals surface area contributed by atoms with Crippen molar-refractivity contribution in [2.24, 2.45) is 0 Å². The van der Waals surface area contributed by atoms with Crippen molar-refractivity contribution in [2.75, 3.05) is 6.61 Å². The van der Waals surface area contributed by atoms with Crippen molar-refractivity contribution in [3.63, 3.8) is 0 Å². The molecule has 0 radical (unpaired) electrons. The fourth-order valence-corrected chi connectivity index (χ4v) is 1.98. The maximum absolute atomic E-state index is 13.8. The third kappa shape index (κ3) is 3.21. The molecule has 1 aromatic carbocycles. The molecule has 0 fully saturated rings. The SMILES string of the molecule is CCCOC(=O)[C@H](C)NC(=O)c1c[nH]c2cccc(F)c12. The molecule has 0 aliphatic carbocycles. The number of aromatic nitrogens is 1. The van der Waals surface area contributed by atoms with Crippen LogP contribution in [0, 0.1) is 5.82 Å². The lowest BCUT2D eigenvalue weighted by atomic mass is 10.1. The summed E-state index contributed by atoms with van der Waals surface area (Å²) in [4.78, 5) is 26.6. The maximum Gasteiger partial charge on any atom is 0.328 e. The quantitative estimate of drug-likeness (QED) is 0.831. The third-order valence-corrected chi connectivity index (χ3v) is 3.05. The Labute approximate surface area is 121 Å². The van der Waals surface area contributed by atoms with Crippen LogP contribution in [0.15, 0.2) is 24.4 Å². The molecule has 6 heteroatoms.